The first kappa shape index (κ1) is 13.0. The SMILES string of the molecule is CCCCOCCN1CCC(=O)NCC1=O. The van der Waals surface area contributed by atoms with Crippen molar-refractivity contribution in [1.82, 2.24) is 10.2 Å². The molecule has 1 aliphatic heterocycles. The summed E-state index contributed by atoms with van der Waals surface area (Å²) >= 11 is 0. The van der Waals surface area contributed by atoms with Gasteiger partial charge in [-0.1, -0.05) is 13.3 Å². The quantitative estimate of drug-likeness (QED) is 0.658. The zero-order chi connectivity index (χ0) is 11.8. The number of carbonyl (C=O) groups excluding carboxylic acids is 2. The van der Waals surface area contributed by atoms with Gasteiger partial charge in [-0.2, -0.15) is 0 Å². The van der Waals surface area contributed by atoms with Gasteiger partial charge in [0.25, 0.3) is 0 Å². The molecule has 0 unspecified atom stereocenters. The fraction of sp³-hybridized carbons (Fsp3) is 0.818. The lowest BCUT2D eigenvalue weighted by molar-refractivity contribution is -0.130. The molecule has 5 heteroatoms. The number of hydrogen-bond donors (Lipinski definition) is 1. The number of rotatable bonds is 6. The van der Waals surface area contributed by atoms with Crippen molar-refractivity contribution in [3.63, 3.8) is 0 Å². The van der Waals surface area contributed by atoms with Crippen LogP contribution in [-0.2, 0) is 14.3 Å². The molecular weight excluding hydrogens is 208 g/mol. The predicted octanol–water partition coefficient (Wildman–Crippen LogP) is 0.152. The molecule has 0 bridgehead atoms. The van der Waals surface area contributed by atoms with Crippen molar-refractivity contribution in [2.24, 2.45) is 0 Å². The van der Waals surface area contributed by atoms with Crippen molar-refractivity contribution in [2.45, 2.75) is 26.2 Å². The van der Waals surface area contributed by atoms with E-state index in [-0.39, 0.29) is 18.4 Å². The molecule has 1 N–H and O–H groups in total. The van der Waals surface area contributed by atoms with Gasteiger partial charge < -0.3 is 15.0 Å². The van der Waals surface area contributed by atoms with Crippen LogP contribution in [-0.4, -0.2) is 49.6 Å². The molecule has 1 heterocycles. The molecule has 92 valence electrons. The van der Waals surface area contributed by atoms with Crippen LogP contribution in [0.2, 0.25) is 0 Å². The number of hydrogen-bond acceptors (Lipinski definition) is 3. The van der Waals surface area contributed by atoms with Crippen LogP contribution in [0.5, 0.6) is 0 Å². The first-order valence-corrected chi connectivity index (χ1v) is 5.86. The second-order valence-electron chi connectivity index (χ2n) is 3.87. The van der Waals surface area contributed by atoms with Crippen LogP contribution in [0.3, 0.4) is 0 Å². The minimum atomic E-state index is -0.0530. The average Bonchev–Trinajstić information content (AvgIpc) is 2.43. The van der Waals surface area contributed by atoms with Crippen LogP contribution in [0.1, 0.15) is 26.2 Å². The summed E-state index contributed by atoms with van der Waals surface area (Å²) in [6.45, 7) is 4.61. The minimum Gasteiger partial charge on any atom is -0.380 e. The van der Waals surface area contributed by atoms with E-state index in [2.05, 4.69) is 12.2 Å². The fourth-order valence-electron chi connectivity index (χ4n) is 1.50. The van der Waals surface area contributed by atoms with Crippen molar-refractivity contribution in [3.05, 3.63) is 0 Å². The Morgan fingerprint density at radius 3 is 2.94 bits per heavy atom. The molecule has 0 saturated carbocycles. The van der Waals surface area contributed by atoms with E-state index in [0.717, 1.165) is 19.4 Å². The van der Waals surface area contributed by atoms with Gasteiger partial charge >= 0.3 is 0 Å². The zero-order valence-electron chi connectivity index (χ0n) is 9.83. The summed E-state index contributed by atoms with van der Waals surface area (Å²) in [5.74, 6) is -0.0762. The molecule has 16 heavy (non-hydrogen) atoms. The molecule has 0 aromatic rings. The summed E-state index contributed by atoms with van der Waals surface area (Å²) in [4.78, 5) is 24.3. The lowest BCUT2D eigenvalue weighted by Crippen LogP contribution is -2.37. The van der Waals surface area contributed by atoms with E-state index >= 15 is 0 Å². The van der Waals surface area contributed by atoms with Gasteiger partial charge in [0.05, 0.1) is 13.2 Å². The largest absolute Gasteiger partial charge is 0.380 e. The third-order valence-electron chi connectivity index (χ3n) is 2.55. The highest BCUT2D eigenvalue weighted by atomic mass is 16.5. The van der Waals surface area contributed by atoms with Gasteiger partial charge in [-0.05, 0) is 6.42 Å². The van der Waals surface area contributed by atoms with Crippen molar-refractivity contribution in [2.75, 3.05) is 32.8 Å². The van der Waals surface area contributed by atoms with Gasteiger partial charge in [0.15, 0.2) is 0 Å². The monoisotopic (exact) mass is 228 g/mol. The van der Waals surface area contributed by atoms with Crippen LogP contribution in [0, 0.1) is 0 Å². The van der Waals surface area contributed by atoms with Gasteiger partial charge in [-0.3, -0.25) is 9.59 Å². The number of nitrogens with one attached hydrogen (secondary N) is 1. The van der Waals surface area contributed by atoms with Crippen molar-refractivity contribution in [3.8, 4) is 0 Å². The van der Waals surface area contributed by atoms with Gasteiger partial charge in [0, 0.05) is 26.1 Å². The van der Waals surface area contributed by atoms with Crippen LogP contribution >= 0.6 is 0 Å². The molecule has 2 amide bonds. The number of ether oxygens (including phenoxy) is 1. The van der Waals surface area contributed by atoms with E-state index in [1.807, 2.05) is 0 Å². The molecule has 0 radical (unpaired) electrons. The first-order valence-electron chi connectivity index (χ1n) is 5.86. The molecule has 0 aliphatic carbocycles. The molecule has 0 atom stereocenters. The lowest BCUT2D eigenvalue weighted by atomic mass is 10.3. The highest BCUT2D eigenvalue weighted by molar-refractivity contribution is 5.87. The number of amides is 2. The molecular formula is C11H20N2O3. The Kier molecular flexibility index (Phi) is 5.85. The summed E-state index contributed by atoms with van der Waals surface area (Å²) in [6.07, 6.45) is 2.55. The molecule has 0 aromatic heterocycles. The van der Waals surface area contributed by atoms with E-state index in [9.17, 15) is 9.59 Å². The Morgan fingerprint density at radius 2 is 2.19 bits per heavy atom. The number of carbonyl (C=O) groups is 2. The Hall–Kier alpha value is -1.10. The van der Waals surface area contributed by atoms with Crippen LogP contribution in [0.25, 0.3) is 0 Å². The summed E-state index contributed by atoms with van der Waals surface area (Å²) < 4.78 is 5.39. The molecule has 1 fully saturated rings. The standard InChI is InChI=1S/C11H20N2O3/c1-2-3-7-16-8-6-13-5-4-10(14)12-9-11(13)15/h2-9H2,1H3,(H,12,14). The lowest BCUT2D eigenvalue weighted by Gasteiger charge is -2.19. The topological polar surface area (TPSA) is 58.6 Å². The molecule has 0 aromatic carbocycles. The average molecular weight is 228 g/mol. The first-order chi connectivity index (χ1) is 7.74. The predicted molar refractivity (Wildman–Crippen MR) is 59.9 cm³/mol. The molecule has 1 saturated heterocycles. The van der Waals surface area contributed by atoms with Gasteiger partial charge in [-0.15, -0.1) is 0 Å². The molecule has 5 nitrogen and oxygen atoms in total. The zero-order valence-corrected chi connectivity index (χ0v) is 9.83. The summed E-state index contributed by atoms with van der Waals surface area (Å²) in [5, 5.41) is 2.56. The third-order valence-corrected chi connectivity index (χ3v) is 2.55. The highest BCUT2D eigenvalue weighted by Crippen LogP contribution is 1.98. The maximum atomic E-state index is 11.5. The maximum Gasteiger partial charge on any atom is 0.242 e. The second kappa shape index (κ2) is 7.22. The van der Waals surface area contributed by atoms with Crippen molar-refractivity contribution < 1.29 is 14.3 Å². The van der Waals surface area contributed by atoms with Crippen LogP contribution in [0.15, 0.2) is 0 Å². The van der Waals surface area contributed by atoms with Gasteiger partial charge in [0.2, 0.25) is 11.8 Å². The van der Waals surface area contributed by atoms with Crippen molar-refractivity contribution in [1.29, 1.82) is 0 Å². The fourth-order valence-corrected chi connectivity index (χ4v) is 1.50. The van der Waals surface area contributed by atoms with Gasteiger partial charge in [-0.25, -0.2) is 0 Å². The van der Waals surface area contributed by atoms with E-state index < -0.39 is 0 Å². The summed E-state index contributed by atoms with van der Waals surface area (Å²) in [5.41, 5.74) is 0. The smallest absolute Gasteiger partial charge is 0.242 e. The van der Waals surface area contributed by atoms with E-state index in [1.54, 1.807) is 4.90 Å². The molecule has 1 rings (SSSR count). The van der Waals surface area contributed by atoms with Crippen LogP contribution < -0.4 is 5.32 Å². The molecule has 1 aliphatic rings. The van der Waals surface area contributed by atoms with Crippen molar-refractivity contribution >= 4 is 11.8 Å². The summed E-state index contributed by atoms with van der Waals surface area (Å²) in [7, 11) is 0. The van der Waals surface area contributed by atoms with E-state index in [0.29, 0.717) is 26.1 Å². The minimum absolute atomic E-state index is 0.0232. The Morgan fingerprint density at radius 1 is 1.38 bits per heavy atom. The number of unbranched alkanes of at least 4 members (excludes halogenated alkanes) is 1. The van der Waals surface area contributed by atoms with E-state index in [4.69, 9.17) is 4.74 Å². The molecule has 0 spiro atoms. The second-order valence-corrected chi connectivity index (χ2v) is 3.87. The normalized spacial score (nSPS) is 17.2. The van der Waals surface area contributed by atoms with E-state index in [1.165, 1.54) is 0 Å². The van der Waals surface area contributed by atoms with Gasteiger partial charge in [0.1, 0.15) is 0 Å². The third kappa shape index (κ3) is 4.61. The Bertz CT molecular complexity index is 243. The Labute approximate surface area is 96.1 Å². The summed E-state index contributed by atoms with van der Waals surface area (Å²) in [6, 6.07) is 0. The highest BCUT2D eigenvalue weighted by Gasteiger charge is 2.19. The maximum absolute atomic E-state index is 11.5. The Balaban J connectivity index is 2.19. The number of nitrogens with zero attached hydrogens (tertiary/aromatic N) is 1. The van der Waals surface area contributed by atoms with Crippen LogP contribution in [0.4, 0.5) is 0 Å².